The second-order valence-electron chi connectivity index (χ2n) is 12.0. The summed E-state index contributed by atoms with van der Waals surface area (Å²) in [6, 6.07) is 6.45. The van der Waals surface area contributed by atoms with E-state index >= 15 is 4.39 Å². The zero-order valence-electron chi connectivity index (χ0n) is 27.6. The summed E-state index contributed by atoms with van der Waals surface area (Å²) in [6.45, 7) is -0.567. The number of nitrogens with two attached hydrogens (primary N) is 1. The zero-order valence-corrected chi connectivity index (χ0v) is 27.6. The summed E-state index contributed by atoms with van der Waals surface area (Å²) in [5.41, 5.74) is 4.59. The number of rotatable bonds is 13. The van der Waals surface area contributed by atoms with E-state index in [-0.39, 0.29) is 59.9 Å². The van der Waals surface area contributed by atoms with Crippen LogP contribution in [0.4, 0.5) is 28.3 Å². The molecule has 18 heteroatoms. The quantitative estimate of drug-likeness (QED) is 0.182. The molecule has 2 aliphatic rings. The number of aromatic nitrogens is 3. The maximum absolute atomic E-state index is 15.2. The van der Waals surface area contributed by atoms with Gasteiger partial charge in [0.25, 0.3) is 5.91 Å². The molecule has 52 heavy (non-hydrogen) atoms. The van der Waals surface area contributed by atoms with Crippen molar-refractivity contribution in [2.75, 3.05) is 37.7 Å². The van der Waals surface area contributed by atoms with E-state index in [1.54, 1.807) is 18.5 Å². The molecule has 1 saturated heterocycles. The number of anilines is 1. The number of hydrogen-bond acceptors (Lipinski definition) is 11. The topological polar surface area (TPSA) is 175 Å². The summed E-state index contributed by atoms with van der Waals surface area (Å²) in [6.07, 6.45) is 2.52. The number of halogens is 4. The van der Waals surface area contributed by atoms with Crippen molar-refractivity contribution in [1.82, 2.24) is 25.2 Å². The van der Waals surface area contributed by atoms with Crippen LogP contribution in [0.15, 0.2) is 59.3 Å². The van der Waals surface area contributed by atoms with Gasteiger partial charge in [-0.15, -0.1) is 0 Å². The molecule has 0 spiro atoms. The van der Waals surface area contributed by atoms with Gasteiger partial charge in [-0.2, -0.15) is 8.78 Å². The fraction of sp³-hybridized carbons (Fsp3) is 0.353. The Morgan fingerprint density at radius 2 is 1.75 bits per heavy atom. The molecule has 1 unspecified atom stereocenters. The Balaban J connectivity index is 1.31. The van der Waals surface area contributed by atoms with Crippen molar-refractivity contribution in [2.45, 2.75) is 38.5 Å². The molecule has 2 aromatic heterocycles. The normalized spacial score (nSPS) is 15.6. The summed E-state index contributed by atoms with van der Waals surface area (Å²) < 4.78 is 76.7. The molecule has 3 N–H and O–H groups in total. The number of benzene rings is 2. The number of amides is 3. The lowest BCUT2D eigenvalue weighted by molar-refractivity contribution is -0.133. The first-order valence-corrected chi connectivity index (χ1v) is 16.2. The molecular weight excluding hydrogens is 694 g/mol. The monoisotopic (exact) mass is 727 g/mol. The van der Waals surface area contributed by atoms with Crippen LogP contribution in [0, 0.1) is 17.6 Å². The Kier molecular flexibility index (Phi) is 10.7. The van der Waals surface area contributed by atoms with Gasteiger partial charge in [0.2, 0.25) is 17.7 Å². The largest absolute Gasteiger partial charge is 0.489 e. The van der Waals surface area contributed by atoms with E-state index in [1.165, 1.54) is 30.0 Å². The first-order valence-electron chi connectivity index (χ1n) is 16.2. The van der Waals surface area contributed by atoms with Crippen LogP contribution in [0.25, 0.3) is 11.5 Å². The van der Waals surface area contributed by atoms with Crippen molar-refractivity contribution in [1.29, 1.82) is 0 Å². The summed E-state index contributed by atoms with van der Waals surface area (Å²) in [7, 11) is 0. The molecule has 1 saturated carbocycles. The van der Waals surface area contributed by atoms with Crippen LogP contribution < -0.4 is 25.4 Å². The predicted octanol–water partition coefficient (Wildman–Crippen LogP) is 4.78. The average Bonchev–Trinajstić information content (AvgIpc) is 3.84. The van der Waals surface area contributed by atoms with Crippen LogP contribution in [0.1, 0.15) is 53.7 Å². The highest BCUT2D eigenvalue weighted by molar-refractivity contribution is 5.98. The number of piperazine rings is 1. The van der Waals surface area contributed by atoms with E-state index in [0.29, 0.717) is 25.1 Å². The Morgan fingerprint density at radius 1 is 1.02 bits per heavy atom. The van der Waals surface area contributed by atoms with E-state index in [0.717, 1.165) is 25.0 Å². The van der Waals surface area contributed by atoms with Gasteiger partial charge in [0.1, 0.15) is 17.7 Å². The molecular formula is C34H33F4N7O7. The van der Waals surface area contributed by atoms with E-state index in [1.807, 2.05) is 4.90 Å². The van der Waals surface area contributed by atoms with Gasteiger partial charge in [0, 0.05) is 55.8 Å². The van der Waals surface area contributed by atoms with Crippen molar-refractivity contribution in [3.05, 3.63) is 83.5 Å². The summed E-state index contributed by atoms with van der Waals surface area (Å²) in [5, 5.41) is 2.49. The molecule has 3 amide bonds. The minimum Gasteiger partial charge on any atom is -0.489 e. The second kappa shape index (κ2) is 15.5. The molecule has 1 aliphatic heterocycles. The molecule has 3 heterocycles. The molecule has 274 valence electrons. The molecule has 2 aromatic carbocycles. The number of carbonyl (C=O) groups is 3. The van der Waals surface area contributed by atoms with Crippen molar-refractivity contribution in [2.24, 2.45) is 11.7 Å². The van der Waals surface area contributed by atoms with Gasteiger partial charge in [0.15, 0.2) is 29.1 Å². The number of nitrogens with one attached hydrogen (secondary N) is 1. The molecule has 4 aromatic rings. The zero-order chi connectivity index (χ0) is 36.9. The van der Waals surface area contributed by atoms with Crippen LogP contribution in [0.5, 0.6) is 11.5 Å². The standard InChI is InChI=1S/C34H33F4N7O7/c1-18(50-33(39)48)28-27(43-30(52-28)20-5-8-24(51-32(37)38)25(15-20)49-17-19-3-4-19)29(46)42-26(22-7-6-21(35)16-23(22)36)31(47)44-11-13-45(14-12-44)34-40-9-2-10-41-34/h2,5-10,15-16,18-19,26,32H,3-4,11-14,17H2,1H3,(H2,39,48)(H,42,46)/t18-,26?/m0/s1. The van der Waals surface area contributed by atoms with E-state index in [9.17, 15) is 27.6 Å². The molecule has 0 radical (unpaired) electrons. The van der Waals surface area contributed by atoms with E-state index in [4.69, 9.17) is 19.6 Å². The average molecular weight is 728 g/mol. The smallest absolute Gasteiger partial charge is 0.405 e. The van der Waals surface area contributed by atoms with Gasteiger partial charge < -0.3 is 39.5 Å². The Morgan fingerprint density at radius 3 is 2.40 bits per heavy atom. The molecule has 2 atom stereocenters. The predicted molar refractivity (Wildman–Crippen MR) is 173 cm³/mol. The minimum absolute atomic E-state index is 0.0340. The van der Waals surface area contributed by atoms with Gasteiger partial charge in [-0.05, 0) is 56.0 Å². The number of primary amides is 1. The Bertz CT molecular complexity index is 1920. The molecule has 14 nitrogen and oxygen atoms in total. The second-order valence-corrected chi connectivity index (χ2v) is 12.0. The Labute approximate surface area is 293 Å². The summed E-state index contributed by atoms with van der Waals surface area (Å²) in [5.74, 6) is -3.82. The van der Waals surface area contributed by atoms with Crippen LogP contribution in [0.2, 0.25) is 0 Å². The maximum atomic E-state index is 15.2. The lowest BCUT2D eigenvalue weighted by Crippen LogP contribution is -2.52. The number of nitrogens with zero attached hydrogens (tertiary/aromatic N) is 5. The highest BCUT2D eigenvalue weighted by Crippen LogP contribution is 2.38. The minimum atomic E-state index is -3.13. The van der Waals surface area contributed by atoms with Crippen LogP contribution in [0.3, 0.4) is 0 Å². The van der Waals surface area contributed by atoms with Gasteiger partial charge in [-0.25, -0.2) is 28.5 Å². The van der Waals surface area contributed by atoms with Gasteiger partial charge in [0.05, 0.1) is 6.61 Å². The van der Waals surface area contributed by atoms with Crippen molar-refractivity contribution >= 4 is 23.9 Å². The third kappa shape index (κ3) is 8.50. The molecule has 2 fully saturated rings. The van der Waals surface area contributed by atoms with E-state index < -0.39 is 54.0 Å². The molecule has 0 bridgehead atoms. The van der Waals surface area contributed by atoms with Crippen molar-refractivity contribution < 1.29 is 50.6 Å². The summed E-state index contributed by atoms with van der Waals surface area (Å²) in [4.78, 5) is 55.6. The fourth-order valence-corrected chi connectivity index (χ4v) is 5.53. The first kappa shape index (κ1) is 35.9. The fourth-order valence-electron chi connectivity index (χ4n) is 5.53. The number of carbonyl (C=O) groups excluding carboxylic acids is 3. The van der Waals surface area contributed by atoms with Crippen LogP contribution in [-0.4, -0.2) is 77.2 Å². The number of oxazole rings is 1. The molecule has 6 rings (SSSR count). The summed E-state index contributed by atoms with van der Waals surface area (Å²) >= 11 is 0. The third-order valence-corrected chi connectivity index (χ3v) is 8.33. The van der Waals surface area contributed by atoms with Gasteiger partial charge in [-0.1, -0.05) is 6.07 Å². The first-order chi connectivity index (χ1) is 25.0. The highest BCUT2D eigenvalue weighted by Gasteiger charge is 2.35. The highest BCUT2D eigenvalue weighted by atomic mass is 19.3. The maximum Gasteiger partial charge on any atom is 0.405 e. The van der Waals surface area contributed by atoms with Crippen LogP contribution >= 0.6 is 0 Å². The van der Waals surface area contributed by atoms with Crippen molar-refractivity contribution in [3.8, 4) is 23.0 Å². The van der Waals surface area contributed by atoms with Crippen LogP contribution in [-0.2, 0) is 9.53 Å². The third-order valence-electron chi connectivity index (χ3n) is 8.33. The van der Waals surface area contributed by atoms with E-state index in [2.05, 4.69) is 25.0 Å². The lowest BCUT2D eigenvalue weighted by atomic mass is 10.0. The SMILES string of the molecule is C[C@H](OC(N)=O)c1oc(-c2ccc(OC(F)F)c(OCC3CC3)c2)nc1C(=O)NC(C(=O)N1CCN(c2ncccn2)CC1)c1ccc(F)cc1F. The number of hydrogen-bond donors (Lipinski definition) is 2. The molecule has 1 aliphatic carbocycles. The number of ether oxygens (including phenoxy) is 3. The lowest BCUT2D eigenvalue weighted by Gasteiger charge is -2.36. The van der Waals surface area contributed by atoms with Crippen molar-refractivity contribution in [3.63, 3.8) is 0 Å². The van der Waals surface area contributed by atoms with Gasteiger partial charge >= 0.3 is 12.7 Å². The Hall–Kier alpha value is -5.94. The number of alkyl halides is 2. The van der Waals surface area contributed by atoms with Gasteiger partial charge in [-0.3, -0.25) is 9.59 Å².